The molecule has 1 fully saturated rings. The molecular weight excluding hydrogens is 448 g/mol. The van der Waals surface area contributed by atoms with Gasteiger partial charge in [0.2, 0.25) is 5.91 Å². The average molecular weight is 473 g/mol. The molecule has 1 N–H and O–H groups in total. The van der Waals surface area contributed by atoms with Crippen LogP contribution in [0, 0.1) is 11.3 Å². The molecule has 0 unspecified atom stereocenters. The summed E-state index contributed by atoms with van der Waals surface area (Å²) >= 11 is 0. The van der Waals surface area contributed by atoms with E-state index < -0.39 is 5.41 Å². The second kappa shape index (κ2) is 8.28. The summed E-state index contributed by atoms with van der Waals surface area (Å²) in [5, 5.41) is 19.2. The number of anilines is 1. The molecule has 1 aliphatic heterocycles. The number of benzene rings is 2. The van der Waals surface area contributed by atoms with Crippen LogP contribution in [0.4, 0.5) is 5.82 Å². The minimum absolute atomic E-state index is 0.131. The lowest BCUT2D eigenvalue weighted by molar-refractivity contribution is -0.117. The molecule has 0 saturated carbocycles. The Hall–Kier alpha value is -4.57. The molecule has 1 amide bonds. The van der Waals surface area contributed by atoms with Crippen molar-refractivity contribution in [3.05, 3.63) is 72.6 Å². The molecular formula is C29H24N6O. The Kier molecular flexibility index (Phi) is 5.04. The molecule has 2 aromatic carbocycles. The van der Waals surface area contributed by atoms with Crippen molar-refractivity contribution in [1.29, 1.82) is 5.26 Å². The number of nitrogens with zero attached hydrogens (tertiary/aromatic N) is 5. The highest BCUT2D eigenvalue weighted by molar-refractivity contribution is 6.11. The largest absolute Gasteiger partial charge is 0.297 e. The number of hydrogen-bond acceptors (Lipinski definition) is 5. The monoisotopic (exact) mass is 472 g/mol. The molecule has 176 valence electrons. The number of carbonyl (C=O) groups excluding carboxylic acids is 1. The molecule has 0 atom stereocenters. The van der Waals surface area contributed by atoms with Gasteiger partial charge < -0.3 is 0 Å². The summed E-state index contributed by atoms with van der Waals surface area (Å²) in [6, 6.07) is 20.5. The van der Waals surface area contributed by atoms with Gasteiger partial charge >= 0.3 is 0 Å². The number of amides is 1. The van der Waals surface area contributed by atoms with Crippen LogP contribution in [-0.4, -0.2) is 32.6 Å². The first-order chi connectivity index (χ1) is 17.4. The van der Waals surface area contributed by atoms with Gasteiger partial charge in [0.05, 0.1) is 28.7 Å². The maximum absolute atomic E-state index is 12.1. The van der Waals surface area contributed by atoms with Crippen molar-refractivity contribution in [2.75, 3.05) is 11.4 Å². The molecule has 36 heavy (non-hydrogen) atoms. The summed E-state index contributed by atoms with van der Waals surface area (Å²) in [6.07, 6.45) is 5.09. The number of fused-ring (bicyclic) bond motifs is 3. The first kappa shape index (κ1) is 21.9. The van der Waals surface area contributed by atoms with Crippen LogP contribution >= 0.6 is 0 Å². The fourth-order valence-corrected chi connectivity index (χ4v) is 4.81. The van der Waals surface area contributed by atoms with E-state index in [-0.39, 0.29) is 5.91 Å². The van der Waals surface area contributed by atoms with E-state index in [0.717, 1.165) is 62.7 Å². The highest BCUT2D eigenvalue weighted by Crippen LogP contribution is 2.35. The van der Waals surface area contributed by atoms with Gasteiger partial charge in [0.1, 0.15) is 11.5 Å². The standard InChI is InChI=1S/C29H24N6O/c1-29(2,17-30)21-9-5-18(6-10-21)28-27-22-14-19(7-11-23(22)31-16-24(27)33-34-28)20-8-12-25(32-15-20)35-13-3-4-26(35)36/h5-12,14-16H,3-4,13H2,1-2H3,(H,33,34). The van der Waals surface area contributed by atoms with Crippen molar-refractivity contribution in [3.63, 3.8) is 0 Å². The maximum Gasteiger partial charge on any atom is 0.228 e. The normalized spacial score (nSPS) is 14.0. The van der Waals surface area contributed by atoms with Gasteiger partial charge in [-0.3, -0.25) is 19.8 Å². The Labute approximate surface area is 208 Å². The lowest BCUT2D eigenvalue weighted by Crippen LogP contribution is -2.24. The van der Waals surface area contributed by atoms with E-state index in [1.54, 1.807) is 4.90 Å². The number of carbonyl (C=O) groups is 1. The SMILES string of the molecule is CC(C)(C#N)c1ccc(-c2n[nH]c3cnc4ccc(-c5ccc(N6CCCC6=O)nc5)cc4c23)cc1. The third-order valence-electron chi connectivity index (χ3n) is 6.98. The van der Waals surface area contributed by atoms with Crippen molar-refractivity contribution < 1.29 is 4.79 Å². The third kappa shape index (κ3) is 3.59. The van der Waals surface area contributed by atoms with Crippen LogP contribution in [0.5, 0.6) is 0 Å². The van der Waals surface area contributed by atoms with Crippen molar-refractivity contribution in [3.8, 4) is 28.5 Å². The number of aromatic amines is 1. The number of aromatic nitrogens is 4. The number of nitrogens with one attached hydrogen (secondary N) is 1. The summed E-state index contributed by atoms with van der Waals surface area (Å²) in [5.74, 6) is 0.831. The van der Waals surface area contributed by atoms with E-state index in [1.165, 1.54) is 0 Å². The van der Waals surface area contributed by atoms with Crippen LogP contribution in [0.3, 0.4) is 0 Å². The van der Waals surface area contributed by atoms with Crippen LogP contribution in [0.1, 0.15) is 32.3 Å². The van der Waals surface area contributed by atoms with Crippen LogP contribution in [0.15, 0.2) is 67.0 Å². The molecule has 1 saturated heterocycles. The second-order valence-corrected chi connectivity index (χ2v) is 9.72. The molecule has 4 heterocycles. The van der Waals surface area contributed by atoms with Crippen molar-refractivity contribution in [2.45, 2.75) is 32.1 Å². The molecule has 6 rings (SSSR count). The minimum Gasteiger partial charge on any atom is -0.297 e. The Morgan fingerprint density at radius 3 is 2.44 bits per heavy atom. The average Bonchev–Trinajstić information content (AvgIpc) is 3.55. The predicted octanol–water partition coefficient (Wildman–Crippen LogP) is 5.77. The molecule has 0 bridgehead atoms. The highest BCUT2D eigenvalue weighted by Gasteiger charge is 2.23. The fraction of sp³-hybridized carbons (Fsp3) is 0.207. The van der Waals surface area contributed by atoms with Gasteiger partial charge in [-0.25, -0.2) is 4.98 Å². The van der Waals surface area contributed by atoms with Crippen LogP contribution in [0.2, 0.25) is 0 Å². The summed E-state index contributed by atoms with van der Waals surface area (Å²) in [4.78, 5) is 23.0. The first-order valence-corrected chi connectivity index (χ1v) is 12.0. The second-order valence-electron chi connectivity index (χ2n) is 9.72. The zero-order chi connectivity index (χ0) is 24.9. The first-order valence-electron chi connectivity index (χ1n) is 12.0. The molecule has 0 spiro atoms. The van der Waals surface area contributed by atoms with Crippen LogP contribution in [-0.2, 0) is 10.2 Å². The topological polar surface area (TPSA) is 98.6 Å². The Morgan fingerprint density at radius 1 is 0.972 bits per heavy atom. The summed E-state index contributed by atoms with van der Waals surface area (Å²) in [5.41, 5.74) is 5.95. The predicted molar refractivity (Wildman–Crippen MR) is 140 cm³/mol. The summed E-state index contributed by atoms with van der Waals surface area (Å²) in [6.45, 7) is 4.55. The Morgan fingerprint density at radius 2 is 1.75 bits per heavy atom. The number of pyridine rings is 2. The van der Waals surface area contributed by atoms with E-state index in [1.807, 2.05) is 74.8 Å². The van der Waals surface area contributed by atoms with E-state index in [0.29, 0.717) is 12.2 Å². The number of nitriles is 1. The highest BCUT2D eigenvalue weighted by atomic mass is 16.2. The van der Waals surface area contributed by atoms with Crippen LogP contribution in [0.25, 0.3) is 44.2 Å². The van der Waals surface area contributed by atoms with Gasteiger partial charge in [0.15, 0.2) is 0 Å². The molecule has 7 nitrogen and oxygen atoms in total. The molecule has 7 heteroatoms. The van der Waals surface area contributed by atoms with Gasteiger partial charge in [-0.1, -0.05) is 30.3 Å². The van der Waals surface area contributed by atoms with Crippen molar-refractivity contribution in [2.24, 2.45) is 0 Å². The number of H-pyrrole nitrogens is 1. The van der Waals surface area contributed by atoms with Gasteiger partial charge in [-0.05, 0) is 55.7 Å². The number of hydrogen-bond donors (Lipinski definition) is 1. The zero-order valence-corrected chi connectivity index (χ0v) is 20.1. The Balaban J connectivity index is 1.42. The molecule has 5 aromatic rings. The van der Waals surface area contributed by atoms with Gasteiger partial charge in [-0.2, -0.15) is 10.4 Å². The maximum atomic E-state index is 12.1. The Bertz CT molecular complexity index is 1660. The summed E-state index contributed by atoms with van der Waals surface area (Å²) < 4.78 is 0. The zero-order valence-electron chi connectivity index (χ0n) is 20.1. The smallest absolute Gasteiger partial charge is 0.228 e. The fourth-order valence-electron chi connectivity index (χ4n) is 4.81. The van der Waals surface area contributed by atoms with E-state index in [9.17, 15) is 10.1 Å². The van der Waals surface area contributed by atoms with Gasteiger partial charge in [0.25, 0.3) is 0 Å². The quantitative estimate of drug-likeness (QED) is 0.358. The van der Waals surface area contributed by atoms with E-state index in [2.05, 4.69) is 32.3 Å². The summed E-state index contributed by atoms with van der Waals surface area (Å²) in [7, 11) is 0. The van der Waals surface area contributed by atoms with Gasteiger partial charge in [0, 0.05) is 41.1 Å². The molecule has 0 radical (unpaired) electrons. The third-order valence-corrected chi connectivity index (χ3v) is 6.98. The lowest BCUT2D eigenvalue weighted by atomic mass is 9.86. The molecule has 0 aliphatic carbocycles. The van der Waals surface area contributed by atoms with Crippen molar-refractivity contribution in [1.82, 2.24) is 20.2 Å². The van der Waals surface area contributed by atoms with Crippen LogP contribution < -0.4 is 4.90 Å². The molecule has 3 aromatic heterocycles. The van der Waals surface area contributed by atoms with E-state index >= 15 is 0 Å². The minimum atomic E-state index is -0.552. The van der Waals surface area contributed by atoms with Crippen molar-refractivity contribution >= 4 is 33.5 Å². The lowest BCUT2D eigenvalue weighted by Gasteiger charge is -2.15. The number of rotatable bonds is 4. The molecule has 1 aliphatic rings. The van der Waals surface area contributed by atoms with Gasteiger partial charge in [-0.15, -0.1) is 0 Å². The van der Waals surface area contributed by atoms with E-state index in [4.69, 9.17) is 0 Å².